The van der Waals surface area contributed by atoms with E-state index in [2.05, 4.69) is 49.2 Å². The molecule has 2 nitrogen and oxygen atoms in total. The molecule has 2 aromatic carbocycles. The molecule has 21 heavy (non-hydrogen) atoms. The Morgan fingerprint density at radius 3 is 2.48 bits per heavy atom. The molecule has 0 unspecified atom stereocenters. The SMILES string of the molecule is Cc1cc(C)c2nc(-c3ccc(N=C=S)cc3)sc2c1C. The Labute approximate surface area is 133 Å². The van der Waals surface area contributed by atoms with Crippen molar-refractivity contribution in [1.29, 1.82) is 0 Å². The number of fused-ring (bicyclic) bond motifs is 1. The summed E-state index contributed by atoms with van der Waals surface area (Å²) in [5.41, 5.74) is 6.91. The number of hydrogen-bond acceptors (Lipinski definition) is 4. The summed E-state index contributed by atoms with van der Waals surface area (Å²) < 4.78 is 1.28. The van der Waals surface area contributed by atoms with Crippen LogP contribution in [0, 0.1) is 20.8 Å². The van der Waals surface area contributed by atoms with Crippen molar-refractivity contribution in [2.24, 2.45) is 4.99 Å². The van der Waals surface area contributed by atoms with Gasteiger partial charge >= 0.3 is 0 Å². The Balaban J connectivity index is 2.15. The van der Waals surface area contributed by atoms with Gasteiger partial charge < -0.3 is 0 Å². The molecule has 1 heterocycles. The van der Waals surface area contributed by atoms with Crippen LogP contribution in [-0.2, 0) is 0 Å². The average molecular weight is 310 g/mol. The highest BCUT2D eigenvalue weighted by molar-refractivity contribution is 7.78. The number of aliphatic imine (C=N–C) groups is 1. The molecule has 4 heteroatoms. The second-order valence-electron chi connectivity index (χ2n) is 5.08. The number of thiocarbonyl (C=S) groups is 1. The van der Waals surface area contributed by atoms with Crippen molar-refractivity contribution in [3.8, 4) is 10.6 Å². The van der Waals surface area contributed by atoms with Gasteiger partial charge in [-0.25, -0.2) is 4.98 Å². The molecule has 0 spiro atoms. The molecule has 3 aromatic rings. The van der Waals surface area contributed by atoms with E-state index in [1.807, 2.05) is 24.3 Å². The number of thiazole rings is 1. The van der Waals surface area contributed by atoms with Crippen LogP contribution in [0.2, 0.25) is 0 Å². The van der Waals surface area contributed by atoms with E-state index >= 15 is 0 Å². The molecule has 0 aliphatic heterocycles. The van der Waals surface area contributed by atoms with Crippen LogP contribution in [0.5, 0.6) is 0 Å². The van der Waals surface area contributed by atoms with Gasteiger partial charge in [-0.2, -0.15) is 4.99 Å². The first-order valence-corrected chi connectivity index (χ1v) is 7.88. The van der Waals surface area contributed by atoms with Crippen LogP contribution in [0.4, 0.5) is 5.69 Å². The van der Waals surface area contributed by atoms with E-state index < -0.39 is 0 Å². The topological polar surface area (TPSA) is 25.2 Å². The van der Waals surface area contributed by atoms with Crippen molar-refractivity contribution in [2.45, 2.75) is 20.8 Å². The summed E-state index contributed by atoms with van der Waals surface area (Å²) in [7, 11) is 0. The monoisotopic (exact) mass is 310 g/mol. The Morgan fingerprint density at radius 1 is 1.10 bits per heavy atom. The summed E-state index contributed by atoms with van der Waals surface area (Å²) in [5, 5.41) is 3.42. The second-order valence-corrected chi connectivity index (χ2v) is 6.26. The van der Waals surface area contributed by atoms with Crippen molar-refractivity contribution in [2.75, 3.05) is 0 Å². The van der Waals surface area contributed by atoms with E-state index in [-0.39, 0.29) is 0 Å². The van der Waals surface area contributed by atoms with Gasteiger partial charge in [0.15, 0.2) is 0 Å². The van der Waals surface area contributed by atoms with E-state index in [9.17, 15) is 0 Å². The summed E-state index contributed by atoms with van der Waals surface area (Å²) in [5.74, 6) is 0. The van der Waals surface area contributed by atoms with Gasteiger partial charge in [-0.15, -0.1) is 11.3 Å². The van der Waals surface area contributed by atoms with E-state index in [4.69, 9.17) is 4.98 Å². The van der Waals surface area contributed by atoms with Gasteiger partial charge in [0.25, 0.3) is 0 Å². The van der Waals surface area contributed by atoms with Crippen LogP contribution in [0.25, 0.3) is 20.8 Å². The maximum Gasteiger partial charge on any atom is 0.124 e. The molecule has 3 rings (SSSR count). The van der Waals surface area contributed by atoms with Crippen LogP contribution in [0.15, 0.2) is 35.3 Å². The van der Waals surface area contributed by atoms with Gasteiger partial charge in [-0.05, 0) is 73.9 Å². The van der Waals surface area contributed by atoms with E-state index in [0.29, 0.717) is 0 Å². The molecule has 0 aliphatic rings. The molecule has 0 saturated carbocycles. The molecule has 0 saturated heterocycles. The lowest BCUT2D eigenvalue weighted by Crippen LogP contribution is -1.85. The van der Waals surface area contributed by atoms with Crippen LogP contribution in [0.3, 0.4) is 0 Å². The van der Waals surface area contributed by atoms with Crippen LogP contribution < -0.4 is 0 Å². The Morgan fingerprint density at radius 2 is 1.81 bits per heavy atom. The average Bonchev–Trinajstić information content (AvgIpc) is 2.92. The molecule has 0 radical (unpaired) electrons. The first kappa shape index (κ1) is 14.1. The van der Waals surface area contributed by atoms with Gasteiger partial charge in [0, 0.05) is 5.56 Å². The zero-order valence-corrected chi connectivity index (χ0v) is 13.7. The highest BCUT2D eigenvalue weighted by Gasteiger charge is 2.11. The first-order chi connectivity index (χ1) is 10.1. The standard InChI is InChI=1S/C17H14N2S2/c1-10-8-11(2)15-16(12(10)3)21-17(19-15)13-4-6-14(7-5-13)18-9-20/h4-8H,1-3H3. The largest absolute Gasteiger partial charge is 0.236 e. The molecule has 104 valence electrons. The summed E-state index contributed by atoms with van der Waals surface area (Å²) >= 11 is 6.36. The summed E-state index contributed by atoms with van der Waals surface area (Å²) in [4.78, 5) is 8.78. The van der Waals surface area contributed by atoms with Gasteiger partial charge in [0.05, 0.1) is 21.1 Å². The first-order valence-electron chi connectivity index (χ1n) is 6.66. The molecule has 0 amide bonds. The van der Waals surface area contributed by atoms with Crippen molar-refractivity contribution in [1.82, 2.24) is 4.98 Å². The van der Waals surface area contributed by atoms with Gasteiger partial charge in [0.1, 0.15) is 5.01 Å². The number of isothiocyanates is 1. The van der Waals surface area contributed by atoms with Gasteiger partial charge in [0.2, 0.25) is 0 Å². The fraction of sp³-hybridized carbons (Fsp3) is 0.176. The lowest BCUT2D eigenvalue weighted by atomic mass is 10.1. The maximum atomic E-state index is 4.81. The van der Waals surface area contributed by atoms with E-state index in [1.165, 1.54) is 21.4 Å². The van der Waals surface area contributed by atoms with Gasteiger partial charge in [-0.3, -0.25) is 0 Å². The minimum atomic E-state index is 0.818. The van der Waals surface area contributed by atoms with Crippen LogP contribution >= 0.6 is 23.6 Å². The molecule has 0 atom stereocenters. The van der Waals surface area contributed by atoms with Gasteiger partial charge in [-0.1, -0.05) is 6.07 Å². The minimum absolute atomic E-state index is 0.818. The van der Waals surface area contributed by atoms with E-state index in [0.717, 1.165) is 21.8 Å². The predicted molar refractivity (Wildman–Crippen MR) is 94.0 cm³/mol. The number of aromatic nitrogens is 1. The van der Waals surface area contributed by atoms with Crippen LogP contribution in [0.1, 0.15) is 16.7 Å². The van der Waals surface area contributed by atoms with E-state index in [1.54, 1.807) is 11.3 Å². The molecule has 0 bridgehead atoms. The molecule has 0 aliphatic carbocycles. The fourth-order valence-corrected chi connectivity index (χ4v) is 3.68. The van der Waals surface area contributed by atoms with Crippen molar-refractivity contribution >= 4 is 44.6 Å². The molecular weight excluding hydrogens is 296 g/mol. The third-order valence-corrected chi connectivity index (χ3v) is 4.97. The van der Waals surface area contributed by atoms with Crippen LogP contribution in [-0.4, -0.2) is 10.1 Å². The number of benzene rings is 2. The number of hydrogen-bond donors (Lipinski definition) is 0. The normalized spacial score (nSPS) is 10.6. The molecular formula is C17H14N2S2. The van der Waals surface area contributed by atoms with Crippen molar-refractivity contribution in [3.05, 3.63) is 47.0 Å². The second kappa shape index (κ2) is 5.49. The Bertz CT molecular complexity index is 870. The predicted octanol–water partition coefficient (Wildman–Crippen LogP) is 5.62. The number of aryl methyl sites for hydroxylation is 3. The number of nitrogens with zero attached hydrogens (tertiary/aromatic N) is 2. The minimum Gasteiger partial charge on any atom is -0.236 e. The van der Waals surface area contributed by atoms with Crippen molar-refractivity contribution < 1.29 is 0 Å². The number of rotatable bonds is 2. The Kier molecular flexibility index (Phi) is 3.68. The summed E-state index contributed by atoms with van der Waals surface area (Å²) in [6.07, 6.45) is 0. The molecule has 0 fully saturated rings. The highest BCUT2D eigenvalue weighted by atomic mass is 32.1. The summed E-state index contributed by atoms with van der Waals surface area (Å²) in [6.45, 7) is 6.44. The lowest BCUT2D eigenvalue weighted by molar-refractivity contribution is 1.33. The quantitative estimate of drug-likeness (QED) is 0.453. The van der Waals surface area contributed by atoms with Crippen molar-refractivity contribution in [3.63, 3.8) is 0 Å². The third-order valence-electron chi connectivity index (χ3n) is 3.65. The lowest BCUT2D eigenvalue weighted by Gasteiger charge is -2.02. The third kappa shape index (κ3) is 2.54. The molecule has 0 N–H and O–H groups in total. The Hall–Kier alpha value is -1.87. The highest BCUT2D eigenvalue weighted by Crippen LogP contribution is 2.35. The zero-order valence-electron chi connectivity index (χ0n) is 12.1. The summed E-state index contributed by atoms with van der Waals surface area (Å²) in [6, 6.07) is 10.1. The maximum absolute atomic E-state index is 4.81. The zero-order chi connectivity index (χ0) is 15.0. The molecule has 1 aromatic heterocycles. The smallest absolute Gasteiger partial charge is 0.124 e. The fourth-order valence-electron chi connectivity index (χ4n) is 2.38.